The van der Waals surface area contributed by atoms with Crippen molar-refractivity contribution in [3.63, 3.8) is 0 Å². The second-order valence-corrected chi connectivity index (χ2v) is 7.95. The highest BCUT2D eigenvalue weighted by atomic mass is 35.5. The second kappa shape index (κ2) is 9.16. The van der Waals surface area contributed by atoms with Crippen LogP contribution >= 0.6 is 12.4 Å². The molecule has 6 heteroatoms. The average Bonchev–Trinajstić information content (AvgIpc) is 2.72. The van der Waals surface area contributed by atoms with Crippen LogP contribution in [-0.2, 0) is 16.1 Å². The molecule has 0 spiro atoms. The molecular formula is C23H31ClN2O3. The van der Waals surface area contributed by atoms with Crippen molar-refractivity contribution in [2.45, 2.75) is 45.4 Å². The predicted molar refractivity (Wildman–Crippen MR) is 118 cm³/mol. The summed E-state index contributed by atoms with van der Waals surface area (Å²) in [5.74, 6) is 0.709. The van der Waals surface area contributed by atoms with Crippen molar-refractivity contribution >= 4 is 18.3 Å². The maximum Gasteiger partial charge on any atom is 0.241 e. The summed E-state index contributed by atoms with van der Waals surface area (Å²) in [7, 11) is 1.66. The van der Waals surface area contributed by atoms with E-state index in [1.165, 1.54) is 0 Å². The van der Waals surface area contributed by atoms with Gasteiger partial charge in [0.1, 0.15) is 11.3 Å². The first-order chi connectivity index (χ1) is 13.3. The molecule has 29 heavy (non-hydrogen) atoms. The van der Waals surface area contributed by atoms with Crippen molar-refractivity contribution in [3.05, 3.63) is 54.1 Å². The van der Waals surface area contributed by atoms with Gasteiger partial charge in [-0.1, -0.05) is 50.2 Å². The molecule has 1 aliphatic carbocycles. The molecule has 5 nitrogen and oxygen atoms in total. The summed E-state index contributed by atoms with van der Waals surface area (Å²) in [6, 6.07) is 16.1. The predicted octanol–water partition coefficient (Wildman–Crippen LogP) is 3.93. The first-order valence-electron chi connectivity index (χ1n) is 9.74. The van der Waals surface area contributed by atoms with Gasteiger partial charge in [-0.25, -0.2) is 0 Å². The number of nitrogens with two attached hydrogens (primary N) is 1. The number of carbonyl (C=O) groups excluding carboxylic acids is 1. The Balaban J connectivity index is 0.00000300. The fraction of sp³-hybridized carbons (Fsp3) is 0.435. The highest BCUT2D eigenvalue weighted by Crippen LogP contribution is 2.49. The van der Waals surface area contributed by atoms with Gasteiger partial charge < -0.3 is 20.5 Å². The van der Waals surface area contributed by atoms with E-state index in [1.54, 1.807) is 7.11 Å². The summed E-state index contributed by atoms with van der Waals surface area (Å²) < 4.78 is 11.0. The van der Waals surface area contributed by atoms with E-state index in [4.69, 9.17) is 15.2 Å². The quantitative estimate of drug-likeness (QED) is 0.714. The monoisotopic (exact) mass is 418 g/mol. The second-order valence-electron chi connectivity index (χ2n) is 7.95. The van der Waals surface area contributed by atoms with Gasteiger partial charge in [-0.05, 0) is 35.7 Å². The zero-order chi connectivity index (χ0) is 20.4. The summed E-state index contributed by atoms with van der Waals surface area (Å²) in [6.45, 7) is 7.04. The molecule has 0 saturated heterocycles. The topological polar surface area (TPSA) is 73.6 Å². The highest BCUT2D eigenvalue weighted by molar-refractivity contribution is 5.88. The lowest BCUT2D eigenvalue weighted by atomic mass is 9.54. The summed E-state index contributed by atoms with van der Waals surface area (Å²) in [6.07, 6.45) is 0.574. The normalized spacial score (nSPS) is 22.2. The third-order valence-electron chi connectivity index (χ3n) is 6.05. The number of methoxy groups -OCH3 is 1. The Morgan fingerprint density at radius 1 is 1.17 bits per heavy atom. The van der Waals surface area contributed by atoms with Crippen molar-refractivity contribution in [3.8, 4) is 16.9 Å². The lowest BCUT2D eigenvalue weighted by Crippen LogP contribution is -2.75. The van der Waals surface area contributed by atoms with Gasteiger partial charge >= 0.3 is 0 Å². The Labute approximate surface area is 179 Å². The van der Waals surface area contributed by atoms with Crippen LogP contribution < -0.4 is 15.8 Å². The maximum atomic E-state index is 12.7. The molecule has 1 amide bonds. The van der Waals surface area contributed by atoms with Crippen LogP contribution in [0.25, 0.3) is 11.1 Å². The largest absolute Gasteiger partial charge is 0.497 e. The number of rotatable bonds is 7. The fourth-order valence-electron chi connectivity index (χ4n) is 3.78. The van der Waals surface area contributed by atoms with Gasteiger partial charge in [0.25, 0.3) is 0 Å². The molecule has 3 rings (SSSR count). The van der Waals surface area contributed by atoms with Crippen LogP contribution in [0.15, 0.2) is 48.5 Å². The fourth-order valence-corrected chi connectivity index (χ4v) is 3.78. The zero-order valence-electron chi connectivity index (χ0n) is 17.5. The number of benzene rings is 2. The number of halogens is 1. The number of hydrogen-bond donors (Lipinski definition) is 2. The molecule has 158 valence electrons. The molecule has 1 saturated carbocycles. The van der Waals surface area contributed by atoms with Gasteiger partial charge in [-0.3, -0.25) is 4.79 Å². The van der Waals surface area contributed by atoms with E-state index in [0.717, 1.165) is 22.4 Å². The standard InChI is InChI=1S/C23H30N2O3.ClH/c1-5-28-20-14-23(24,22(20,2)3)21(26)25-15-16-9-11-17(12-10-16)18-7-6-8-19(13-18)27-4;/h6-13,20H,5,14-15,24H2,1-4H3,(H,25,26);1H. The molecule has 2 atom stereocenters. The minimum atomic E-state index is -0.895. The molecule has 0 bridgehead atoms. The molecule has 1 fully saturated rings. The Morgan fingerprint density at radius 2 is 1.86 bits per heavy atom. The summed E-state index contributed by atoms with van der Waals surface area (Å²) in [5.41, 5.74) is 8.37. The van der Waals surface area contributed by atoms with Gasteiger partial charge in [0.15, 0.2) is 0 Å². The smallest absolute Gasteiger partial charge is 0.241 e. The minimum absolute atomic E-state index is 0. The molecular weight excluding hydrogens is 388 g/mol. The van der Waals surface area contributed by atoms with E-state index in [0.29, 0.717) is 19.6 Å². The van der Waals surface area contributed by atoms with Crippen molar-refractivity contribution in [2.75, 3.05) is 13.7 Å². The average molecular weight is 419 g/mol. The zero-order valence-corrected chi connectivity index (χ0v) is 18.3. The van der Waals surface area contributed by atoms with Crippen LogP contribution in [0.4, 0.5) is 0 Å². The summed E-state index contributed by atoms with van der Waals surface area (Å²) >= 11 is 0. The van der Waals surface area contributed by atoms with E-state index in [-0.39, 0.29) is 29.8 Å². The van der Waals surface area contributed by atoms with Crippen LogP contribution in [0.3, 0.4) is 0 Å². The number of nitrogens with one attached hydrogen (secondary N) is 1. The van der Waals surface area contributed by atoms with Crippen LogP contribution in [0.2, 0.25) is 0 Å². The molecule has 3 N–H and O–H groups in total. The van der Waals surface area contributed by atoms with Gasteiger partial charge in [-0.15, -0.1) is 12.4 Å². The highest BCUT2D eigenvalue weighted by Gasteiger charge is 2.62. The number of carbonyl (C=O) groups is 1. The summed E-state index contributed by atoms with van der Waals surface area (Å²) in [5, 5.41) is 3.00. The molecule has 1 aliphatic rings. The Morgan fingerprint density at radius 3 is 2.45 bits per heavy atom. The van der Waals surface area contributed by atoms with Crippen molar-refractivity contribution in [2.24, 2.45) is 11.1 Å². The van der Waals surface area contributed by atoms with Crippen LogP contribution in [0.1, 0.15) is 32.8 Å². The third-order valence-corrected chi connectivity index (χ3v) is 6.05. The first kappa shape index (κ1) is 23.2. The van der Waals surface area contributed by atoms with E-state index in [1.807, 2.05) is 69.3 Å². The van der Waals surface area contributed by atoms with Crippen molar-refractivity contribution in [1.29, 1.82) is 0 Å². The molecule has 0 heterocycles. The number of amides is 1. The first-order valence-corrected chi connectivity index (χ1v) is 9.74. The molecule has 0 aromatic heterocycles. The lowest BCUT2D eigenvalue weighted by Gasteiger charge is -2.57. The Bertz CT molecular complexity index is 838. The molecule has 0 radical (unpaired) electrons. The van der Waals surface area contributed by atoms with Gasteiger partial charge in [-0.2, -0.15) is 0 Å². The number of ether oxygens (including phenoxy) is 2. The SMILES string of the molecule is CCOC1CC(N)(C(=O)NCc2ccc(-c3cccc(OC)c3)cc2)C1(C)C.Cl. The van der Waals surface area contributed by atoms with Gasteiger partial charge in [0.2, 0.25) is 5.91 Å². The Kier molecular flexibility index (Phi) is 7.33. The van der Waals surface area contributed by atoms with Crippen LogP contribution in [-0.4, -0.2) is 31.3 Å². The lowest BCUT2D eigenvalue weighted by molar-refractivity contribution is -0.170. The van der Waals surface area contributed by atoms with E-state index < -0.39 is 5.54 Å². The molecule has 2 aromatic carbocycles. The van der Waals surface area contributed by atoms with Crippen LogP contribution in [0, 0.1) is 5.41 Å². The van der Waals surface area contributed by atoms with Crippen molar-refractivity contribution in [1.82, 2.24) is 5.32 Å². The molecule has 2 unspecified atom stereocenters. The Hall–Kier alpha value is -2.08. The van der Waals surface area contributed by atoms with E-state index >= 15 is 0 Å². The third kappa shape index (κ3) is 4.42. The van der Waals surface area contributed by atoms with E-state index in [9.17, 15) is 4.79 Å². The van der Waals surface area contributed by atoms with E-state index in [2.05, 4.69) is 5.32 Å². The van der Waals surface area contributed by atoms with Gasteiger partial charge in [0, 0.05) is 25.0 Å². The van der Waals surface area contributed by atoms with Crippen LogP contribution in [0.5, 0.6) is 5.75 Å². The molecule has 2 aromatic rings. The maximum absolute atomic E-state index is 12.7. The minimum Gasteiger partial charge on any atom is -0.497 e. The number of hydrogen-bond acceptors (Lipinski definition) is 4. The van der Waals surface area contributed by atoms with Gasteiger partial charge in [0.05, 0.1) is 13.2 Å². The van der Waals surface area contributed by atoms with Crippen molar-refractivity contribution < 1.29 is 14.3 Å². The molecule has 0 aliphatic heterocycles. The summed E-state index contributed by atoms with van der Waals surface area (Å²) in [4.78, 5) is 12.7.